The Hall–Kier alpha value is -1.65. The molecule has 5 nitrogen and oxygen atoms in total. The number of rotatable bonds is 2. The summed E-state index contributed by atoms with van der Waals surface area (Å²) in [6.45, 7) is 2.63. The molecular formula is C16H23N3O2. The smallest absolute Gasteiger partial charge is 0.257 e. The van der Waals surface area contributed by atoms with Gasteiger partial charge in [0.05, 0.1) is 11.3 Å². The molecular weight excluding hydrogens is 266 g/mol. The van der Waals surface area contributed by atoms with Crippen molar-refractivity contribution in [2.45, 2.75) is 51.5 Å². The van der Waals surface area contributed by atoms with E-state index in [0.29, 0.717) is 17.8 Å². The summed E-state index contributed by atoms with van der Waals surface area (Å²) in [6.07, 6.45) is 7.50. The van der Waals surface area contributed by atoms with Gasteiger partial charge in [-0.2, -0.15) is 5.10 Å². The van der Waals surface area contributed by atoms with Crippen LogP contribution in [0, 0.1) is 12.8 Å². The van der Waals surface area contributed by atoms with Crippen LogP contribution in [0.2, 0.25) is 0 Å². The third kappa shape index (κ3) is 2.61. The highest BCUT2D eigenvalue weighted by Gasteiger charge is 2.39. The lowest BCUT2D eigenvalue weighted by atomic mass is 9.81. The fraction of sp³-hybridized carbons (Fsp3) is 0.688. The van der Waals surface area contributed by atoms with Crippen LogP contribution < -0.4 is 0 Å². The molecule has 0 N–H and O–H groups in total. The van der Waals surface area contributed by atoms with Crippen molar-refractivity contribution in [1.82, 2.24) is 14.7 Å². The molecule has 0 bridgehead atoms. The summed E-state index contributed by atoms with van der Waals surface area (Å²) in [5.74, 6) is 0.456. The van der Waals surface area contributed by atoms with Gasteiger partial charge in [-0.3, -0.25) is 14.3 Å². The number of aryl methyl sites for hydroxylation is 2. The van der Waals surface area contributed by atoms with Gasteiger partial charge in [0, 0.05) is 38.2 Å². The van der Waals surface area contributed by atoms with Gasteiger partial charge in [-0.05, 0) is 32.6 Å². The Balaban J connectivity index is 1.82. The standard InChI is InChI=1S/C16H23N3O2/c1-11-13(10-18(2)17-11)16(21)19-9-5-7-14(19)12-6-3-4-8-15(12)20/h10,12,14H,3-9H2,1-2H3. The normalized spacial score (nSPS) is 26.4. The van der Waals surface area contributed by atoms with Gasteiger partial charge in [-0.1, -0.05) is 6.42 Å². The monoisotopic (exact) mass is 289 g/mol. The number of hydrogen-bond acceptors (Lipinski definition) is 3. The van der Waals surface area contributed by atoms with Crippen LogP contribution in [0.1, 0.15) is 54.6 Å². The Morgan fingerprint density at radius 1 is 1.29 bits per heavy atom. The van der Waals surface area contributed by atoms with E-state index in [1.165, 1.54) is 0 Å². The molecule has 5 heteroatoms. The minimum absolute atomic E-state index is 0.0430. The van der Waals surface area contributed by atoms with E-state index >= 15 is 0 Å². The molecule has 21 heavy (non-hydrogen) atoms. The first kappa shape index (κ1) is 14.3. The minimum Gasteiger partial charge on any atom is -0.335 e. The average Bonchev–Trinajstić information content (AvgIpc) is 3.05. The summed E-state index contributed by atoms with van der Waals surface area (Å²) in [6, 6.07) is 0.102. The molecule has 1 aliphatic heterocycles. The number of Topliss-reactive ketones (excluding diaryl/α,β-unsaturated/α-hetero) is 1. The maximum Gasteiger partial charge on any atom is 0.257 e. The van der Waals surface area contributed by atoms with Crippen molar-refractivity contribution in [1.29, 1.82) is 0 Å². The SMILES string of the molecule is Cc1nn(C)cc1C(=O)N1CCCC1C1CCCCC1=O. The summed E-state index contributed by atoms with van der Waals surface area (Å²) in [5.41, 5.74) is 1.44. The van der Waals surface area contributed by atoms with Gasteiger partial charge in [0.25, 0.3) is 5.91 Å². The van der Waals surface area contributed by atoms with E-state index in [4.69, 9.17) is 0 Å². The Labute approximate surface area is 125 Å². The molecule has 3 rings (SSSR count). The molecule has 0 aromatic carbocycles. The topological polar surface area (TPSA) is 55.2 Å². The lowest BCUT2D eigenvalue weighted by Crippen LogP contribution is -2.43. The Bertz CT molecular complexity index is 564. The number of carbonyl (C=O) groups excluding carboxylic acids is 2. The molecule has 2 unspecified atom stereocenters. The van der Waals surface area contributed by atoms with Crippen LogP contribution in [0.25, 0.3) is 0 Å². The molecule has 2 fully saturated rings. The maximum absolute atomic E-state index is 12.8. The summed E-state index contributed by atoms with van der Waals surface area (Å²) in [4.78, 5) is 26.9. The molecule has 0 spiro atoms. The second-order valence-corrected chi connectivity index (χ2v) is 6.33. The lowest BCUT2D eigenvalue weighted by Gasteiger charge is -2.33. The van der Waals surface area contributed by atoms with E-state index < -0.39 is 0 Å². The zero-order valence-corrected chi connectivity index (χ0v) is 12.8. The van der Waals surface area contributed by atoms with Crippen molar-refractivity contribution >= 4 is 11.7 Å². The molecule has 1 saturated carbocycles. The second-order valence-electron chi connectivity index (χ2n) is 6.33. The zero-order valence-electron chi connectivity index (χ0n) is 12.8. The van der Waals surface area contributed by atoms with E-state index in [1.807, 2.05) is 18.9 Å². The third-order valence-electron chi connectivity index (χ3n) is 4.87. The van der Waals surface area contributed by atoms with Gasteiger partial charge in [-0.15, -0.1) is 0 Å². The highest BCUT2D eigenvalue weighted by Crippen LogP contribution is 2.33. The molecule has 1 aliphatic carbocycles. The number of amides is 1. The van der Waals surface area contributed by atoms with Crippen LogP contribution in [-0.4, -0.2) is 39.0 Å². The first-order valence-electron chi connectivity index (χ1n) is 7.92. The van der Waals surface area contributed by atoms with E-state index in [1.54, 1.807) is 10.9 Å². The Morgan fingerprint density at radius 3 is 2.76 bits per heavy atom. The number of ketones is 1. The fourth-order valence-corrected chi connectivity index (χ4v) is 3.84. The van der Waals surface area contributed by atoms with Crippen molar-refractivity contribution in [3.63, 3.8) is 0 Å². The molecule has 2 heterocycles. The number of nitrogens with zero attached hydrogens (tertiary/aromatic N) is 3. The minimum atomic E-state index is 0.0430. The summed E-state index contributed by atoms with van der Waals surface area (Å²) in [7, 11) is 1.83. The van der Waals surface area contributed by atoms with E-state index in [0.717, 1.165) is 44.3 Å². The zero-order chi connectivity index (χ0) is 15.0. The summed E-state index contributed by atoms with van der Waals surface area (Å²) < 4.78 is 1.68. The van der Waals surface area contributed by atoms with E-state index in [9.17, 15) is 9.59 Å². The number of hydrogen-bond donors (Lipinski definition) is 0. The molecule has 1 aromatic heterocycles. The van der Waals surface area contributed by atoms with Crippen LogP contribution in [0.5, 0.6) is 0 Å². The van der Waals surface area contributed by atoms with Crippen molar-refractivity contribution in [3.8, 4) is 0 Å². The highest BCUT2D eigenvalue weighted by atomic mass is 16.2. The van der Waals surface area contributed by atoms with Crippen molar-refractivity contribution < 1.29 is 9.59 Å². The number of likely N-dealkylation sites (tertiary alicyclic amines) is 1. The fourth-order valence-electron chi connectivity index (χ4n) is 3.84. The quantitative estimate of drug-likeness (QED) is 0.837. The van der Waals surface area contributed by atoms with Crippen molar-refractivity contribution in [3.05, 3.63) is 17.5 Å². The molecule has 1 amide bonds. The predicted octanol–water partition coefficient (Wildman–Crippen LogP) is 2.09. The van der Waals surface area contributed by atoms with Gasteiger partial charge in [0.2, 0.25) is 0 Å². The van der Waals surface area contributed by atoms with Gasteiger partial charge >= 0.3 is 0 Å². The van der Waals surface area contributed by atoms with Crippen molar-refractivity contribution in [2.75, 3.05) is 6.54 Å². The summed E-state index contributed by atoms with van der Waals surface area (Å²) in [5, 5.41) is 4.26. The highest BCUT2D eigenvalue weighted by molar-refractivity contribution is 5.96. The average molecular weight is 289 g/mol. The van der Waals surface area contributed by atoms with Gasteiger partial charge in [0.15, 0.2) is 0 Å². The molecule has 1 aromatic rings. The molecule has 2 aliphatic rings. The second kappa shape index (κ2) is 5.62. The molecule has 114 valence electrons. The Kier molecular flexibility index (Phi) is 3.83. The largest absolute Gasteiger partial charge is 0.335 e. The van der Waals surface area contributed by atoms with Crippen LogP contribution in [0.4, 0.5) is 0 Å². The molecule has 0 radical (unpaired) electrons. The van der Waals surface area contributed by atoms with Gasteiger partial charge < -0.3 is 4.90 Å². The molecule has 2 atom stereocenters. The lowest BCUT2D eigenvalue weighted by molar-refractivity contribution is -0.126. The van der Waals surface area contributed by atoms with Crippen molar-refractivity contribution in [2.24, 2.45) is 13.0 Å². The molecule has 1 saturated heterocycles. The van der Waals surface area contributed by atoms with Crippen LogP contribution in [0.3, 0.4) is 0 Å². The van der Waals surface area contributed by atoms with E-state index in [-0.39, 0.29) is 17.9 Å². The van der Waals surface area contributed by atoms with Crippen LogP contribution >= 0.6 is 0 Å². The maximum atomic E-state index is 12.8. The van der Waals surface area contributed by atoms with Gasteiger partial charge in [0.1, 0.15) is 5.78 Å². The Morgan fingerprint density at radius 2 is 2.10 bits per heavy atom. The third-order valence-corrected chi connectivity index (χ3v) is 4.87. The first-order valence-corrected chi connectivity index (χ1v) is 7.92. The number of carbonyl (C=O) groups is 2. The van der Waals surface area contributed by atoms with Crippen LogP contribution in [-0.2, 0) is 11.8 Å². The number of aromatic nitrogens is 2. The van der Waals surface area contributed by atoms with Crippen LogP contribution in [0.15, 0.2) is 6.20 Å². The predicted molar refractivity (Wildman–Crippen MR) is 79.0 cm³/mol. The van der Waals surface area contributed by atoms with Gasteiger partial charge in [-0.25, -0.2) is 0 Å². The van der Waals surface area contributed by atoms with E-state index in [2.05, 4.69) is 5.10 Å². The first-order chi connectivity index (χ1) is 10.1. The summed E-state index contributed by atoms with van der Waals surface area (Å²) >= 11 is 0.